The van der Waals surface area contributed by atoms with Crippen LogP contribution in [0.4, 0.5) is 0 Å². The molecule has 0 radical (unpaired) electrons. The quantitative estimate of drug-likeness (QED) is 0.124. The summed E-state index contributed by atoms with van der Waals surface area (Å²) in [5, 5.41) is 17.8. The van der Waals surface area contributed by atoms with Crippen LogP contribution >= 0.6 is 11.3 Å². The first-order valence-electron chi connectivity index (χ1n) is 45.6. The number of nitrogens with zero attached hydrogens (tertiary/aromatic N) is 6. The number of fused-ring (bicyclic) bond motifs is 21. The van der Waals surface area contributed by atoms with Gasteiger partial charge in [0, 0.05) is 119 Å². The van der Waals surface area contributed by atoms with Crippen LogP contribution in [0.1, 0.15) is 0 Å². The van der Waals surface area contributed by atoms with E-state index in [0.717, 1.165) is 0 Å². The summed E-state index contributed by atoms with van der Waals surface area (Å²) in [6.07, 6.45) is 0. The number of thiophene rings is 1. The molecule has 0 bridgehead atoms. The number of rotatable bonds is 11. The second kappa shape index (κ2) is 31.8. The monoisotopic (exact) mass is 1710 g/mol. The normalized spacial score (nSPS) is 11.8. The Bertz CT molecular complexity index is 9430. The molecule has 0 fully saturated rings. The van der Waals surface area contributed by atoms with Gasteiger partial charge < -0.3 is 27.4 Å². The molecule has 622 valence electrons. The maximum absolute atomic E-state index is 2.43. The van der Waals surface area contributed by atoms with Crippen molar-refractivity contribution >= 4 is 162 Å². The Hall–Kier alpha value is -17.4. The summed E-state index contributed by atoms with van der Waals surface area (Å²) in [5.41, 5.74) is 33.9. The molecule has 0 unspecified atom stereocenters. The fraction of sp³-hybridized carbons (Fsp3) is 0. The molecule has 133 heavy (non-hydrogen) atoms. The van der Waals surface area contributed by atoms with Gasteiger partial charge in [-0.25, -0.2) is 0 Å². The van der Waals surface area contributed by atoms with E-state index in [1.165, 1.54) is 241 Å². The van der Waals surface area contributed by atoms with Crippen molar-refractivity contribution in [2.24, 2.45) is 0 Å². The van der Waals surface area contributed by atoms with E-state index in [1.807, 2.05) is 11.3 Å². The molecule has 0 spiro atoms. The predicted octanol–water partition coefficient (Wildman–Crippen LogP) is 34.3. The van der Waals surface area contributed by atoms with Crippen molar-refractivity contribution in [1.82, 2.24) is 27.4 Å². The summed E-state index contributed by atoms with van der Waals surface area (Å²) in [6.45, 7) is 0. The molecule has 28 aromatic rings. The third kappa shape index (κ3) is 13.0. The minimum absolute atomic E-state index is 1.17. The van der Waals surface area contributed by atoms with Gasteiger partial charge in [-0.15, -0.1) is 11.3 Å². The van der Waals surface area contributed by atoms with Crippen LogP contribution in [0, 0.1) is 0 Å². The zero-order chi connectivity index (χ0) is 87.6. The van der Waals surface area contributed by atoms with Crippen molar-refractivity contribution in [2.45, 2.75) is 0 Å². The Morgan fingerprint density at radius 3 is 0.639 bits per heavy atom. The molecule has 28 rings (SSSR count). The van der Waals surface area contributed by atoms with E-state index >= 15 is 0 Å². The third-order valence-corrected chi connectivity index (χ3v) is 28.3. The molecule has 0 amide bonds. The average molecular weight is 1710 g/mol. The topological polar surface area (TPSA) is 29.6 Å². The Balaban J connectivity index is 0.000000104. The Morgan fingerprint density at radius 2 is 0.308 bits per heavy atom. The van der Waals surface area contributed by atoms with Gasteiger partial charge in [-0.3, -0.25) is 0 Å². The van der Waals surface area contributed by atoms with Gasteiger partial charge in [-0.2, -0.15) is 0 Å². The second-order valence-corrected chi connectivity index (χ2v) is 35.7. The number of hydrogen-bond acceptors (Lipinski definition) is 1. The minimum atomic E-state index is 1.17. The molecule has 6 nitrogen and oxygen atoms in total. The summed E-state index contributed by atoms with van der Waals surface area (Å²) in [7, 11) is 0. The van der Waals surface area contributed by atoms with Crippen molar-refractivity contribution in [2.75, 3.05) is 0 Å². The highest BCUT2D eigenvalue weighted by molar-refractivity contribution is 7.25. The van der Waals surface area contributed by atoms with E-state index in [2.05, 4.69) is 525 Å². The molecule has 0 atom stereocenters. The summed E-state index contributed by atoms with van der Waals surface area (Å²) >= 11 is 1.87. The number of hydrogen-bond donors (Lipinski definition) is 0. The van der Waals surface area contributed by atoms with Gasteiger partial charge in [0.2, 0.25) is 0 Å². The lowest BCUT2D eigenvalue weighted by atomic mass is 10.0. The molecule has 7 aromatic heterocycles. The second-order valence-electron chi connectivity index (χ2n) is 34.6. The van der Waals surface area contributed by atoms with Crippen molar-refractivity contribution in [3.05, 3.63) is 497 Å². The molecule has 0 aliphatic rings. The van der Waals surface area contributed by atoms with Crippen LogP contribution in [0.3, 0.4) is 0 Å². The van der Waals surface area contributed by atoms with Crippen LogP contribution in [0.2, 0.25) is 0 Å². The fourth-order valence-corrected chi connectivity index (χ4v) is 22.1. The highest BCUT2D eigenvalue weighted by Gasteiger charge is 2.23. The highest BCUT2D eigenvalue weighted by atomic mass is 32.1. The minimum Gasteiger partial charge on any atom is -0.309 e. The SMILES string of the molecule is c1ccc(-c2ccc(-n3c4ccccc4c4cc(-c5ccc6c(c5)c5ccccc5n6-c5ccccc5)ccc43)cc2)cc1.c1ccc(-c2cccc(-n3c4ccccc4c4cc(-c5ccc6c(c5)c5ccccc5n6-c5ccccc5)ccc43)c2)cc1.c1ccc(-n2c3ccccc3c3cc(-c4ccc5c(c4)c4ccccc4n5-c4ccc5sc6ccccc6c5c4)ccc32)cc1. The third-order valence-electron chi connectivity index (χ3n) is 27.1. The van der Waals surface area contributed by atoms with Gasteiger partial charge in [0.15, 0.2) is 0 Å². The van der Waals surface area contributed by atoms with Crippen molar-refractivity contribution in [1.29, 1.82) is 0 Å². The van der Waals surface area contributed by atoms with E-state index in [4.69, 9.17) is 0 Å². The van der Waals surface area contributed by atoms with Gasteiger partial charge in [-0.05, 0) is 250 Å². The predicted molar refractivity (Wildman–Crippen MR) is 565 cm³/mol. The first-order chi connectivity index (χ1) is 66.0. The van der Waals surface area contributed by atoms with E-state index in [-0.39, 0.29) is 0 Å². The first-order valence-corrected chi connectivity index (χ1v) is 46.4. The zero-order valence-corrected chi connectivity index (χ0v) is 73.3. The standard InChI is InChI=1S/C42H26N2S.2C42H28N2/c1-2-10-29(11-3-1)43-37-15-7-4-12-31(37)34-24-27(18-21-39(34)43)28-19-22-40-35(25-28)32-13-5-8-16-38(32)44(40)30-20-23-42-36(26-30)33-14-6-9-17-41(33)45-42;1-3-12-29(13-4-1)30-14-11-17-34(26-30)44-40-21-10-8-19-36(40)38-28-32(23-25-42(38)44)31-22-24-41-37(27-31)35-18-7-9-20-39(35)43(41)33-15-5-2-6-16-33;1-3-11-29(12-4-1)30-19-23-34(24-20-30)44-40-18-10-8-16-36(40)38-28-32(22-26-42(38)44)31-21-25-41-37(27-31)35-15-7-9-17-39(35)43(41)33-13-5-2-6-14-33/h1-26H;2*1-28H. The van der Waals surface area contributed by atoms with Crippen LogP contribution in [-0.2, 0) is 0 Å². The van der Waals surface area contributed by atoms with Gasteiger partial charge in [0.25, 0.3) is 0 Å². The van der Waals surface area contributed by atoms with E-state index < -0.39 is 0 Å². The maximum atomic E-state index is 2.43. The van der Waals surface area contributed by atoms with Crippen molar-refractivity contribution in [3.63, 3.8) is 0 Å². The van der Waals surface area contributed by atoms with Crippen LogP contribution in [0.25, 0.3) is 241 Å². The van der Waals surface area contributed by atoms with E-state index in [0.29, 0.717) is 0 Å². The van der Waals surface area contributed by atoms with Crippen molar-refractivity contribution < 1.29 is 0 Å². The fourth-order valence-electron chi connectivity index (χ4n) is 21.1. The van der Waals surface area contributed by atoms with Crippen molar-refractivity contribution in [3.8, 4) is 89.8 Å². The molecule has 0 N–H and O–H groups in total. The highest BCUT2D eigenvalue weighted by Crippen LogP contribution is 2.46. The molecule has 0 saturated heterocycles. The Kier molecular flexibility index (Phi) is 18.4. The molecule has 21 aromatic carbocycles. The van der Waals surface area contributed by atoms with E-state index in [9.17, 15) is 0 Å². The molecular formula is C126H82N6S. The molecule has 7 heterocycles. The molecule has 7 heteroatoms. The molecule has 0 aliphatic heterocycles. The Labute approximate surface area is 771 Å². The van der Waals surface area contributed by atoms with Crippen LogP contribution in [-0.4, -0.2) is 27.4 Å². The number of benzene rings is 21. The van der Waals surface area contributed by atoms with Gasteiger partial charge >= 0.3 is 0 Å². The van der Waals surface area contributed by atoms with Gasteiger partial charge in [0.05, 0.1) is 66.2 Å². The van der Waals surface area contributed by atoms with E-state index in [1.54, 1.807) is 0 Å². The van der Waals surface area contributed by atoms with Crippen LogP contribution in [0.15, 0.2) is 497 Å². The largest absolute Gasteiger partial charge is 0.309 e. The van der Waals surface area contributed by atoms with Crippen LogP contribution in [0.5, 0.6) is 0 Å². The lowest BCUT2D eigenvalue weighted by Gasteiger charge is -2.11. The van der Waals surface area contributed by atoms with Gasteiger partial charge in [-0.1, -0.05) is 303 Å². The summed E-state index contributed by atoms with van der Waals surface area (Å²) in [4.78, 5) is 0. The Morgan fingerprint density at radius 1 is 0.105 bits per heavy atom. The zero-order valence-electron chi connectivity index (χ0n) is 72.4. The summed E-state index contributed by atoms with van der Waals surface area (Å²) < 4.78 is 17.0. The summed E-state index contributed by atoms with van der Waals surface area (Å²) in [6, 6.07) is 181. The smallest absolute Gasteiger partial charge is 0.0541 e. The summed E-state index contributed by atoms with van der Waals surface area (Å²) in [5.74, 6) is 0. The van der Waals surface area contributed by atoms with Gasteiger partial charge in [0.1, 0.15) is 0 Å². The first kappa shape index (κ1) is 76.8. The van der Waals surface area contributed by atoms with Crippen LogP contribution < -0.4 is 0 Å². The molecule has 0 saturated carbocycles. The lowest BCUT2D eigenvalue weighted by Crippen LogP contribution is -1.94. The lowest BCUT2D eigenvalue weighted by molar-refractivity contribution is 1.18. The number of aromatic nitrogens is 6. The molecule has 0 aliphatic carbocycles. The average Bonchev–Trinajstić information content (AvgIpc) is 1.63. The molecular weight excluding hydrogens is 1630 g/mol. The maximum Gasteiger partial charge on any atom is 0.0541 e. The number of para-hydroxylation sites is 9.